The molecule has 1 amide bonds. The van der Waals surface area contributed by atoms with Crippen molar-refractivity contribution < 1.29 is 9.90 Å². The van der Waals surface area contributed by atoms with Crippen LogP contribution < -0.4 is 5.32 Å². The summed E-state index contributed by atoms with van der Waals surface area (Å²) >= 11 is 0. The Bertz CT molecular complexity index is 538. The van der Waals surface area contributed by atoms with Crippen LogP contribution in [0.4, 0.5) is 0 Å². The lowest BCUT2D eigenvalue weighted by atomic mass is 10.0. The summed E-state index contributed by atoms with van der Waals surface area (Å²) in [5.41, 5.74) is 2.25. The molecule has 0 aliphatic heterocycles. The number of hydrogen-bond donors (Lipinski definition) is 2. The van der Waals surface area contributed by atoms with Crippen LogP contribution in [0.3, 0.4) is 0 Å². The average Bonchev–Trinajstić information content (AvgIpc) is 2.43. The Balaban J connectivity index is 2.83. The second-order valence-corrected chi connectivity index (χ2v) is 5.85. The fourth-order valence-corrected chi connectivity index (χ4v) is 2.05. The molecular formula is C18H25NO2. The van der Waals surface area contributed by atoms with Gasteiger partial charge >= 0.3 is 0 Å². The molecule has 114 valence electrons. The van der Waals surface area contributed by atoms with Crippen LogP contribution in [0.25, 0.3) is 0 Å². The van der Waals surface area contributed by atoms with Gasteiger partial charge in [0.05, 0.1) is 5.56 Å². The third kappa shape index (κ3) is 6.01. The van der Waals surface area contributed by atoms with Gasteiger partial charge in [-0.05, 0) is 44.7 Å². The van der Waals surface area contributed by atoms with Crippen LogP contribution in [-0.4, -0.2) is 23.7 Å². The third-order valence-electron chi connectivity index (χ3n) is 3.28. The molecule has 0 saturated carbocycles. The maximum Gasteiger partial charge on any atom is 0.252 e. The number of hydrogen-bond acceptors (Lipinski definition) is 2. The van der Waals surface area contributed by atoms with Crippen LogP contribution in [-0.2, 0) is 0 Å². The van der Waals surface area contributed by atoms with Crippen molar-refractivity contribution in [2.75, 3.05) is 6.61 Å². The first-order valence-corrected chi connectivity index (χ1v) is 7.45. The summed E-state index contributed by atoms with van der Waals surface area (Å²) in [7, 11) is 0. The standard InChI is InChI=1S/C18H25NO2/c1-13(2)7-9-15(4)19-18(21)17-12-14(3)8-10-16(17)6-5-11-20/h8,10,12-13,15,20H,7,9,11H2,1-4H3,(H,19,21). The minimum absolute atomic E-state index is 0.0998. The first-order valence-electron chi connectivity index (χ1n) is 7.45. The summed E-state index contributed by atoms with van der Waals surface area (Å²) in [6.07, 6.45) is 2.05. The van der Waals surface area contributed by atoms with E-state index in [1.165, 1.54) is 0 Å². The minimum Gasteiger partial charge on any atom is -0.384 e. The van der Waals surface area contributed by atoms with Gasteiger partial charge in [-0.2, -0.15) is 0 Å². The fourth-order valence-electron chi connectivity index (χ4n) is 2.05. The summed E-state index contributed by atoms with van der Waals surface area (Å²) < 4.78 is 0. The van der Waals surface area contributed by atoms with Crippen molar-refractivity contribution in [2.24, 2.45) is 5.92 Å². The number of aliphatic hydroxyl groups excluding tert-OH is 1. The van der Waals surface area contributed by atoms with Crippen LogP contribution in [0.1, 0.15) is 55.1 Å². The van der Waals surface area contributed by atoms with E-state index in [1.807, 2.05) is 32.0 Å². The van der Waals surface area contributed by atoms with E-state index in [-0.39, 0.29) is 18.6 Å². The molecule has 1 atom stereocenters. The van der Waals surface area contributed by atoms with Gasteiger partial charge in [0.1, 0.15) is 6.61 Å². The fraction of sp³-hybridized carbons (Fsp3) is 0.500. The van der Waals surface area contributed by atoms with E-state index in [4.69, 9.17) is 5.11 Å². The van der Waals surface area contributed by atoms with Gasteiger partial charge in [0.25, 0.3) is 5.91 Å². The second kappa shape index (κ2) is 8.49. The van der Waals surface area contributed by atoms with E-state index in [0.717, 1.165) is 18.4 Å². The zero-order chi connectivity index (χ0) is 15.8. The molecule has 0 spiro atoms. The maximum atomic E-state index is 12.4. The quantitative estimate of drug-likeness (QED) is 0.818. The second-order valence-electron chi connectivity index (χ2n) is 5.85. The Hall–Kier alpha value is -1.79. The normalized spacial score (nSPS) is 11.7. The van der Waals surface area contributed by atoms with Gasteiger partial charge in [-0.1, -0.05) is 37.3 Å². The zero-order valence-electron chi connectivity index (χ0n) is 13.4. The van der Waals surface area contributed by atoms with Crippen molar-refractivity contribution in [2.45, 2.75) is 46.6 Å². The van der Waals surface area contributed by atoms with E-state index in [1.54, 1.807) is 0 Å². The Morgan fingerprint density at radius 1 is 1.29 bits per heavy atom. The van der Waals surface area contributed by atoms with Crippen LogP contribution in [0.2, 0.25) is 0 Å². The summed E-state index contributed by atoms with van der Waals surface area (Å²) in [6.45, 7) is 8.12. The molecule has 0 aromatic heterocycles. The highest BCUT2D eigenvalue weighted by molar-refractivity contribution is 5.97. The van der Waals surface area contributed by atoms with Crippen LogP contribution in [0.15, 0.2) is 18.2 Å². The molecule has 21 heavy (non-hydrogen) atoms. The van der Waals surface area contributed by atoms with Gasteiger partial charge in [0, 0.05) is 11.6 Å². The van der Waals surface area contributed by atoms with Gasteiger partial charge in [-0.25, -0.2) is 0 Å². The number of benzene rings is 1. The molecule has 0 fully saturated rings. The van der Waals surface area contributed by atoms with Crippen molar-refractivity contribution in [1.29, 1.82) is 0 Å². The molecule has 0 aliphatic carbocycles. The number of carbonyl (C=O) groups is 1. The van der Waals surface area contributed by atoms with E-state index in [9.17, 15) is 4.79 Å². The van der Waals surface area contributed by atoms with Gasteiger partial charge in [0.2, 0.25) is 0 Å². The van der Waals surface area contributed by atoms with E-state index < -0.39 is 0 Å². The average molecular weight is 287 g/mol. The number of amides is 1. The molecule has 0 bridgehead atoms. The molecule has 1 aromatic carbocycles. The van der Waals surface area contributed by atoms with Crippen LogP contribution in [0.5, 0.6) is 0 Å². The number of aryl methyl sites for hydroxylation is 1. The number of aliphatic hydroxyl groups is 1. The molecule has 0 aliphatic rings. The van der Waals surface area contributed by atoms with Crippen molar-refractivity contribution in [3.63, 3.8) is 0 Å². The summed E-state index contributed by atoms with van der Waals surface area (Å²) in [5, 5.41) is 11.8. The summed E-state index contributed by atoms with van der Waals surface area (Å²) in [5.74, 6) is 5.97. The Morgan fingerprint density at radius 3 is 2.62 bits per heavy atom. The van der Waals surface area contributed by atoms with Crippen molar-refractivity contribution in [3.05, 3.63) is 34.9 Å². The summed E-state index contributed by atoms with van der Waals surface area (Å²) in [4.78, 5) is 12.4. The molecule has 2 N–H and O–H groups in total. The molecule has 1 aromatic rings. The largest absolute Gasteiger partial charge is 0.384 e. The van der Waals surface area contributed by atoms with Crippen LogP contribution >= 0.6 is 0 Å². The van der Waals surface area contributed by atoms with Crippen molar-refractivity contribution in [3.8, 4) is 11.8 Å². The first kappa shape index (κ1) is 17.3. The molecule has 1 rings (SSSR count). The summed E-state index contributed by atoms with van der Waals surface area (Å²) in [6, 6.07) is 5.72. The first-order chi connectivity index (χ1) is 9.93. The molecule has 0 radical (unpaired) electrons. The van der Waals surface area contributed by atoms with E-state index in [0.29, 0.717) is 17.0 Å². The Morgan fingerprint density at radius 2 is 2.00 bits per heavy atom. The van der Waals surface area contributed by atoms with Crippen molar-refractivity contribution >= 4 is 5.91 Å². The predicted molar refractivity (Wildman–Crippen MR) is 86.1 cm³/mol. The molecular weight excluding hydrogens is 262 g/mol. The third-order valence-corrected chi connectivity index (χ3v) is 3.28. The lowest BCUT2D eigenvalue weighted by molar-refractivity contribution is 0.0937. The van der Waals surface area contributed by atoms with Gasteiger partial charge in [-0.3, -0.25) is 4.79 Å². The van der Waals surface area contributed by atoms with E-state index in [2.05, 4.69) is 31.0 Å². The van der Waals surface area contributed by atoms with Crippen molar-refractivity contribution in [1.82, 2.24) is 5.32 Å². The molecule has 3 nitrogen and oxygen atoms in total. The number of rotatable bonds is 5. The Kier molecular flexibility index (Phi) is 6.98. The topological polar surface area (TPSA) is 49.3 Å². The smallest absolute Gasteiger partial charge is 0.252 e. The molecule has 0 saturated heterocycles. The maximum absolute atomic E-state index is 12.4. The highest BCUT2D eigenvalue weighted by Gasteiger charge is 2.13. The number of nitrogens with one attached hydrogen (secondary N) is 1. The predicted octanol–water partition coefficient (Wildman–Crippen LogP) is 2.89. The number of carbonyl (C=O) groups excluding carboxylic acids is 1. The van der Waals surface area contributed by atoms with Gasteiger partial charge in [-0.15, -0.1) is 0 Å². The SMILES string of the molecule is Cc1ccc(C#CCO)c(C(=O)NC(C)CCC(C)C)c1. The Labute approximate surface area is 127 Å². The lowest BCUT2D eigenvalue weighted by Gasteiger charge is -2.16. The molecule has 0 heterocycles. The highest BCUT2D eigenvalue weighted by Crippen LogP contribution is 2.12. The minimum atomic E-state index is -0.209. The monoisotopic (exact) mass is 287 g/mol. The zero-order valence-corrected chi connectivity index (χ0v) is 13.4. The lowest BCUT2D eigenvalue weighted by Crippen LogP contribution is -2.33. The van der Waals surface area contributed by atoms with Gasteiger partial charge < -0.3 is 10.4 Å². The van der Waals surface area contributed by atoms with E-state index >= 15 is 0 Å². The molecule has 1 unspecified atom stereocenters. The molecule has 3 heteroatoms. The van der Waals surface area contributed by atoms with Gasteiger partial charge in [0.15, 0.2) is 0 Å². The van der Waals surface area contributed by atoms with Crippen LogP contribution in [0, 0.1) is 24.7 Å². The highest BCUT2D eigenvalue weighted by atomic mass is 16.2.